The average Bonchev–Trinajstić information content (AvgIpc) is 2.33. The van der Waals surface area contributed by atoms with Crippen molar-refractivity contribution in [1.29, 1.82) is 0 Å². The molecule has 2 aromatic rings. The summed E-state index contributed by atoms with van der Waals surface area (Å²) in [5.74, 6) is 0.530. The Kier molecular flexibility index (Phi) is 3.29. The number of benzene rings is 2. The topological polar surface area (TPSA) is 40.5 Å². The van der Waals surface area contributed by atoms with E-state index < -0.39 is 0 Å². The lowest BCUT2D eigenvalue weighted by Gasteiger charge is -2.08. The van der Waals surface area contributed by atoms with E-state index in [0.717, 1.165) is 21.6 Å². The minimum Gasteiger partial charge on any atom is -0.508 e. The molecule has 0 aliphatic carbocycles. The zero-order chi connectivity index (χ0) is 12.4. The fourth-order valence-corrected chi connectivity index (χ4v) is 2.14. The van der Waals surface area contributed by atoms with Crippen LogP contribution in [0.1, 0.15) is 5.56 Å². The van der Waals surface area contributed by atoms with Gasteiger partial charge in [0.1, 0.15) is 11.5 Å². The summed E-state index contributed by atoms with van der Waals surface area (Å²) < 4.78 is 0. The second-order valence-electron chi connectivity index (χ2n) is 3.88. The highest BCUT2D eigenvalue weighted by molar-refractivity contribution is 7.98. The minimum atomic E-state index is 0.257. The van der Waals surface area contributed by atoms with Gasteiger partial charge in [-0.2, -0.15) is 0 Å². The number of phenolic OH excluding ortho intramolecular Hbond substituents is 2. The summed E-state index contributed by atoms with van der Waals surface area (Å²) in [6.07, 6.45) is 2.00. The minimum absolute atomic E-state index is 0.257. The molecule has 3 heteroatoms. The van der Waals surface area contributed by atoms with Crippen LogP contribution in [-0.2, 0) is 0 Å². The molecule has 2 rings (SSSR count). The number of phenols is 2. The molecular formula is C14H14O2S. The maximum absolute atomic E-state index is 9.87. The number of hydrogen-bond donors (Lipinski definition) is 2. The first-order valence-electron chi connectivity index (χ1n) is 5.29. The van der Waals surface area contributed by atoms with Gasteiger partial charge < -0.3 is 10.2 Å². The monoisotopic (exact) mass is 246 g/mol. The Bertz CT molecular complexity index is 550. The predicted molar refractivity (Wildman–Crippen MR) is 71.7 cm³/mol. The third-order valence-electron chi connectivity index (χ3n) is 2.71. The summed E-state index contributed by atoms with van der Waals surface area (Å²) in [6.45, 7) is 1.84. The lowest BCUT2D eigenvalue weighted by Crippen LogP contribution is -1.83. The van der Waals surface area contributed by atoms with Crippen molar-refractivity contribution in [1.82, 2.24) is 0 Å². The van der Waals surface area contributed by atoms with Crippen LogP contribution in [0.2, 0.25) is 0 Å². The standard InChI is InChI=1S/C14H14O2S/c1-9-7-10(3-5-13(9)15)12-8-11(17-2)4-6-14(12)16/h3-8,15-16H,1-2H3. The van der Waals surface area contributed by atoms with E-state index in [2.05, 4.69) is 0 Å². The molecule has 17 heavy (non-hydrogen) atoms. The van der Waals surface area contributed by atoms with Crippen molar-refractivity contribution >= 4 is 11.8 Å². The predicted octanol–water partition coefficient (Wildman–Crippen LogP) is 3.80. The van der Waals surface area contributed by atoms with E-state index in [9.17, 15) is 10.2 Å². The smallest absolute Gasteiger partial charge is 0.123 e. The van der Waals surface area contributed by atoms with Crippen LogP contribution in [0.4, 0.5) is 0 Å². The van der Waals surface area contributed by atoms with E-state index in [1.807, 2.05) is 37.4 Å². The summed E-state index contributed by atoms with van der Waals surface area (Å²) in [6, 6.07) is 10.9. The first kappa shape index (κ1) is 11.9. The maximum Gasteiger partial charge on any atom is 0.123 e. The van der Waals surface area contributed by atoms with Crippen molar-refractivity contribution in [3.8, 4) is 22.6 Å². The Morgan fingerprint density at radius 2 is 1.65 bits per heavy atom. The molecule has 0 saturated carbocycles. The van der Waals surface area contributed by atoms with Crippen LogP contribution in [0.3, 0.4) is 0 Å². The van der Waals surface area contributed by atoms with Crippen molar-refractivity contribution in [3.63, 3.8) is 0 Å². The van der Waals surface area contributed by atoms with Gasteiger partial charge in [-0.1, -0.05) is 6.07 Å². The number of rotatable bonds is 2. The summed E-state index contributed by atoms with van der Waals surface area (Å²) in [7, 11) is 0. The largest absolute Gasteiger partial charge is 0.508 e. The number of thioether (sulfide) groups is 1. The number of aryl methyl sites for hydroxylation is 1. The van der Waals surface area contributed by atoms with Crippen molar-refractivity contribution in [2.24, 2.45) is 0 Å². The lowest BCUT2D eigenvalue weighted by molar-refractivity contribution is 0.470. The van der Waals surface area contributed by atoms with Gasteiger partial charge in [-0.25, -0.2) is 0 Å². The molecule has 88 valence electrons. The van der Waals surface area contributed by atoms with Gasteiger partial charge in [0.05, 0.1) is 0 Å². The summed E-state index contributed by atoms with van der Waals surface area (Å²) in [4.78, 5) is 1.10. The van der Waals surface area contributed by atoms with E-state index in [0.29, 0.717) is 0 Å². The van der Waals surface area contributed by atoms with Crippen LogP contribution in [0.5, 0.6) is 11.5 Å². The molecule has 2 nitrogen and oxygen atoms in total. The average molecular weight is 246 g/mol. The van der Waals surface area contributed by atoms with Gasteiger partial charge >= 0.3 is 0 Å². The van der Waals surface area contributed by atoms with Crippen LogP contribution in [0, 0.1) is 6.92 Å². The van der Waals surface area contributed by atoms with Gasteiger partial charge in [0, 0.05) is 10.5 Å². The van der Waals surface area contributed by atoms with Gasteiger partial charge in [0.15, 0.2) is 0 Å². The molecular weight excluding hydrogens is 232 g/mol. The van der Waals surface area contributed by atoms with Gasteiger partial charge in [0.2, 0.25) is 0 Å². The van der Waals surface area contributed by atoms with E-state index in [-0.39, 0.29) is 11.5 Å². The molecule has 2 N–H and O–H groups in total. The highest BCUT2D eigenvalue weighted by Crippen LogP contribution is 2.34. The van der Waals surface area contributed by atoms with Gasteiger partial charge in [-0.15, -0.1) is 11.8 Å². The summed E-state index contributed by atoms with van der Waals surface area (Å²) >= 11 is 1.63. The lowest BCUT2D eigenvalue weighted by atomic mass is 10.0. The molecule has 0 bridgehead atoms. The quantitative estimate of drug-likeness (QED) is 0.792. The fraction of sp³-hybridized carbons (Fsp3) is 0.143. The van der Waals surface area contributed by atoms with E-state index >= 15 is 0 Å². The van der Waals surface area contributed by atoms with E-state index in [1.54, 1.807) is 23.9 Å². The molecule has 0 heterocycles. The summed E-state index contributed by atoms with van der Waals surface area (Å²) in [5.41, 5.74) is 2.50. The zero-order valence-corrected chi connectivity index (χ0v) is 10.6. The molecule has 0 atom stereocenters. The normalized spacial score (nSPS) is 10.5. The van der Waals surface area contributed by atoms with Gasteiger partial charge in [0.25, 0.3) is 0 Å². The summed E-state index contributed by atoms with van der Waals surface area (Å²) in [5, 5.41) is 19.4. The molecule has 0 unspecified atom stereocenters. The number of hydrogen-bond acceptors (Lipinski definition) is 3. The van der Waals surface area contributed by atoms with Gasteiger partial charge in [-0.3, -0.25) is 0 Å². The Balaban J connectivity index is 2.55. The first-order valence-corrected chi connectivity index (χ1v) is 6.51. The molecule has 0 radical (unpaired) electrons. The molecule has 0 aliphatic rings. The Morgan fingerprint density at radius 1 is 0.941 bits per heavy atom. The van der Waals surface area contributed by atoms with Crippen LogP contribution in [0.15, 0.2) is 41.3 Å². The van der Waals surface area contributed by atoms with Crippen molar-refractivity contribution in [2.45, 2.75) is 11.8 Å². The highest BCUT2D eigenvalue weighted by atomic mass is 32.2. The SMILES string of the molecule is CSc1ccc(O)c(-c2ccc(O)c(C)c2)c1. The highest BCUT2D eigenvalue weighted by Gasteiger charge is 2.07. The molecule has 0 aliphatic heterocycles. The van der Waals surface area contributed by atoms with Crippen molar-refractivity contribution < 1.29 is 10.2 Å². The van der Waals surface area contributed by atoms with Crippen molar-refractivity contribution in [2.75, 3.05) is 6.26 Å². The van der Waals surface area contributed by atoms with E-state index in [1.165, 1.54) is 0 Å². The molecule has 0 fully saturated rings. The molecule has 0 amide bonds. The fourth-order valence-electron chi connectivity index (χ4n) is 1.70. The van der Waals surface area contributed by atoms with Crippen molar-refractivity contribution in [3.05, 3.63) is 42.0 Å². The van der Waals surface area contributed by atoms with E-state index in [4.69, 9.17) is 0 Å². The second kappa shape index (κ2) is 4.72. The molecule has 0 saturated heterocycles. The Hall–Kier alpha value is -1.61. The van der Waals surface area contributed by atoms with Gasteiger partial charge in [-0.05, 0) is 54.6 Å². The second-order valence-corrected chi connectivity index (χ2v) is 4.76. The molecule has 2 aromatic carbocycles. The third kappa shape index (κ3) is 2.39. The van der Waals surface area contributed by atoms with Crippen LogP contribution < -0.4 is 0 Å². The third-order valence-corrected chi connectivity index (χ3v) is 3.44. The molecule has 0 spiro atoms. The van der Waals surface area contributed by atoms with Crippen LogP contribution in [0.25, 0.3) is 11.1 Å². The number of aromatic hydroxyl groups is 2. The van der Waals surface area contributed by atoms with Crippen LogP contribution in [-0.4, -0.2) is 16.5 Å². The first-order chi connectivity index (χ1) is 8.11. The molecule has 0 aromatic heterocycles. The zero-order valence-electron chi connectivity index (χ0n) is 9.77. The Morgan fingerprint density at radius 3 is 2.29 bits per heavy atom. The Labute approximate surface area is 105 Å². The van der Waals surface area contributed by atoms with Crippen LogP contribution >= 0.6 is 11.8 Å². The maximum atomic E-state index is 9.87.